The number of ether oxygens (including phenoxy) is 2. The maximum absolute atomic E-state index is 11.4. The van der Waals surface area contributed by atoms with E-state index in [1.807, 2.05) is 6.79 Å². The summed E-state index contributed by atoms with van der Waals surface area (Å²) in [7, 11) is 0. The topological polar surface area (TPSA) is 156 Å². The zero-order chi connectivity index (χ0) is 22.3. The molecule has 0 aliphatic carbocycles. The summed E-state index contributed by atoms with van der Waals surface area (Å²) in [6.45, 7) is 2.70. The van der Waals surface area contributed by atoms with Crippen LogP contribution in [0, 0.1) is 20.2 Å². The molecule has 0 saturated carbocycles. The summed E-state index contributed by atoms with van der Waals surface area (Å²) in [6.07, 6.45) is 0.572. The Kier molecular flexibility index (Phi) is 7.28. The van der Waals surface area contributed by atoms with Crippen molar-refractivity contribution in [1.29, 1.82) is 0 Å². The van der Waals surface area contributed by atoms with Gasteiger partial charge in [0, 0.05) is 37.1 Å². The Balaban J connectivity index is 0.000000197. The van der Waals surface area contributed by atoms with Gasteiger partial charge in [-0.15, -0.1) is 0 Å². The fourth-order valence-electron chi connectivity index (χ4n) is 2.73. The van der Waals surface area contributed by atoms with Crippen LogP contribution in [0.2, 0.25) is 0 Å². The second-order valence-electron chi connectivity index (χ2n) is 5.92. The lowest BCUT2D eigenvalue weighted by atomic mass is 10.0. The zero-order valence-electron chi connectivity index (χ0n) is 15.6. The fraction of sp³-hybridized carbons (Fsp3) is 0.211. The molecule has 2 aliphatic heterocycles. The monoisotopic (exact) mass is 416 g/mol. The number of Topliss-reactive ketones (excluding diaryl/α,β-unsaturated/α-hetero) is 2. The molecule has 0 fully saturated rings. The molecule has 0 aromatic heterocycles. The van der Waals surface area contributed by atoms with Gasteiger partial charge in [-0.1, -0.05) is 0 Å². The molecule has 11 heteroatoms. The number of nitrogens with zero attached hydrogens (tertiary/aromatic N) is 2. The molecule has 0 bridgehead atoms. The van der Waals surface area contributed by atoms with Crippen molar-refractivity contribution in [2.24, 2.45) is 0 Å². The summed E-state index contributed by atoms with van der Waals surface area (Å²) in [5, 5.41) is 20.9. The predicted octanol–water partition coefficient (Wildman–Crippen LogP) is 2.94. The standard InChI is InChI=1S/2C9H7NO4.CH2O/c2*11-8-3-4-14-9-2-1-6(10(12)13)5-7(8)9;1-2/h2*1-2,5H,3-4H2;1H2. The lowest BCUT2D eigenvalue weighted by Gasteiger charge is -2.15. The van der Waals surface area contributed by atoms with E-state index in [1.165, 1.54) is 36.4 Å². The van der Waals surface area contributed by atoms with E-state index >= 15 is 0 Å². The average molecular weight is 416 g/mol. The van der Waals surface area contributed by atoms with E-state index < -0.39 is 9.85 Å². The molecular weight excluding hydrogens is 400 g/mol. The minimum atomic E-state index is -0.526. The number of carbonyl (C=O) groups excluding carboxylic acids is 3. The van der Waals surface area contributed by atoms with Crippen molar-refractivity contribution < 1.29 is 33.7 Å². The van der Waals surface area contributed by atoms with Gasteiger partial charge in [-0.05, 0) is 12.1 Å². The van der Waals surface area contributed by atoms with E-state index in [0.29, 0.717) is 35.8 Å². The van der Waals surface area contributed by atoms with E-state index in [2.05, 4.69) is 0 Å². The molecule has 0 radical (unpaired) electrons. The predicted molar refractivity (Wildman–Crippen MR) is 102 cm³/mol. The zero-order valence-corrected chi connectivity index (χ0v) is 15.6. The summed E-state index contributed by atoms with van der Waals surface area (Å²) < 4.78 is 10.4. The number of fused-ring (bicyclic) bond motifs is 2. The number of rotatable bonds is 2. The van der Waals surface area contributed by atoms with Gasteiger partial charge in [0.05, 0.1) is 34.2 Å². The molecule has 2 aliphatic rings. The Hall–Kier alpha value is -4.15. The third-order valence-corrected chi connectivity index (χ3v) is 4.12. The molecular formula is C19H16N2O9. The van der Waals surface area contributed by atoms with Gasteiger partial charge >= 0.3 is 0 Å². The first-order valence-electron chi connectivity index (χ1n) is 8.54. The molecule has 30 heavy (non-hydrogen) atoms. The largest absolute Gasteiger partial charge is 0.492 e. The number of hydrogen-bond donors (Lipinski definition) is 0. The van der Waals surface area contributed by atoms with Crippen LogP contribution < -0.4 is 9.47 Å². The van der Waals surface area contributed by atoms with Crippen molar-refractivity contribution in [2.45, 2.75) is 12.8 Å². The Morgan fingerprint density at radius 1 is 0.733 bits per heavy atom. The Bertz CT molecular complexity index is 924. The van der Waals surface area contributed by atoms with Crippen LogP contribution in [0.25, 0.3) is 0 Å². The van der Waals surface area contributed by atoms with E-state index in [4.69, 9.17) is 14.3 Å². The second kappa shape index (κ2) is 9.87. The molecule has 4 rings (SSSR count). The third kappa shape index (κ3) is 5.01. The number of hydrogen-bond acceptors (Lipinski definition) is 9. The minimum Gasteiger partial charge on any atom is -0.492 e. The van der Waals surface area contributed by atoms with Crippen molar-refractivity contribution >= 4 is 29.7 Å². The maximum atomic E-state index is 11.4. The van der Waals surface area contributed by atoms with Gasteiger partial charge in [-0.2, -0.15) is 0 Å². The van der Waals surface area contributed by atoms with Gasteiger partial charge in [0.2, 0.25) is 0 Å². The average Bonchev–Trinajstić information content (AvgIpc) is 2.75. The lowest BCUT2D eigenvalue weighted by molar-refractivity contribution is -0.385. The van der Waals surface area contributed by atoms with Gasteiger partial charge in [0.25, 0.3) is 11.4 Å². The molecule has 0 N–H and O–H groups in total. The van der Waals surface area contributed by atoms with Gasteiger partial charge in [-0.3, -0.25) is 29.8 Å². The molecule has 0 saturated heterocycles. The van der Waals surface area contributed by atoms with Crippen LogP contribution in [-0.2, 0) is 4.79 Å². The summed E-state index contributed by atoms with van der Waals surface area (Å²) in [5.41, 5.74) is 0.459. The van der Waals surface area contributed by atoms with Crippen molar-refractivity contribution in [3.63, 3.8) is 0 Å². The lowest BCUT2D eigenvalue weighted by Crippen LogP contribution is -2.15. The van der Waals surface area contributed by atoms with Gasteiger partial charge < -0.3 is 14.3 Å². The molecule has 2 aromatic carbocycles. The summed E-state index contributed by atoms with van der Waals surface area (Å²) in [6, 6.07) is 8.11. The van der Waals surface area contributed by atoms with Crippen LogP contribution in [-0.4, -0.2) is 41.4 Å². The van der Waals surface area contributed by atoms with Gasteiger partial charge in [-0.25, -0.2) is 0 Å². The molecule has 0 atom stereocenters. The highest BCUT2D eigenvalue weighted by atomic mass is 16.6. The second-order valence-corrected chi connectivity index (χ2v) is 5.92. The molecule has 2 heterocycles. The van der Waals surface area contributed by atoms with Crippen molar-refractivity contribution in [3.8, 4) is 11.5 Å². The number of nitro groups is 2. The van der Waals surface area contributed by atoms with Crippen molar-refractivity contribution in [3.05, 3.63) is 67.8 Å². The molecule has 2 aromatic rings. The number of benzene rings is 2. The SMILES string of the molecule is C=O.O=C1CCOc2ccc([N+](=O)[O-])cc21.O=C1CCOc2ccc([N+](=O)[O-])cc21. The normalized spacial score (nSPS) is 13.6. The maximum Gasteiger partial charge on any atom is 0.270 e. The smallest absolute Gasteiger partial charge is 0.270 e. The van der Waals surface area contributed by atoms with E-state index in [-0.39, 0.29) is 35.8 Å². The molecule has 156 valence electrons. The molecule has 0 spiro atoms. The van der Waals surface area contributed by atoms with Crippen LogP contribution in [0.1, 0.15) is 33.6 Å². The fourth-order valence-corrected chi connectivity index (χ4v) is 2.73. The highest BCUT2D eigenvalue weighted by molar-refractivity contribution is 6.00. The highest BCUT2D eigenvalue weighted by Crippen LogP contribution is 2.29. The van der Waals surface area contributed by atoms with Gasteiger partial charge in [0.1, 0.15) is 18.3 Å². The van der Waals surface area contributed by atoms with Crippen molar-refractivity contribution in [2.75, 3.05) is 13.2 Å². The molecule has 11 nitrogen and oxygen atoms in total. The quantitative estimate of drug-likeness (QED) is 0.530. The summed E-state index contributed by atoms with van der Waals surface area (Å²) in [4.78, 5) is 50.6. The first kappa shape index (κ1) is 22.1. The van der Waals surface area contributed by atoms with Crippen LogP contribution in [0.3, 0.4) is 0 Å². The minimum absolute atomic E-state index is 0.0809. The van der Waals surface area contributed by atoms with Crippen LogP contribution in [0.15, 0.2) is 36.4 Å². The third-order valence-electron chi connectivity index (χ3n) is 4.12. The number of nitro benzene ring substituents is 2. The summed E-state index contributed by atoms with van der Waals surface area (Å²) >= 11 is 0. The van der Waals surface area contributed by atoms with Crippen molar-refractivity contribution in [1.82, 2.24) is 0 Å². The van der Waals surface area contributed by atoms with E-state index in [1.54, 1.807) is 0 Å². The summed E-state index contributed by atoms with van der Waals surface area (Å²) in [5.74, 6) is 0.670. The molecule has 0 unspecified atom stereocenters. The van der Waals surface area contributed by atoms with Crippen LogP contribution in [0.4, 0.5) is 11.4 Å². The number of non-ortho nitro benzene ring substituents is 2. The Morgan fingerprint density at radius 2 is 1.10 bits per heavy atom. The van der Waals surface area contributed by atoms with Crippen LogP contribution >= 0.6 is 0 Å². The Morgan fingerprint density at radius 3 is 1.43 bits per heavy atom. The van der Waals surface area contributed by atoms with Gasteiger partial charge in [0.15, 0.2) is 11.6 Å². The first-order valence-corrected chi connectivity index (χ1v) is 8.54. The number of ketones is 2. The first-order chi connectivity index (χ1) is 14.4. The van der Waals surface area contributed by atoms with Crippen LogP contribution in [0.5, 0.6) is 11.5 Å². The van der Waals surface area contributed by atoms with E-state index in [0.717, 1.165) is 0 Å². The molecule has 0 amide bonds. The number of carbonyl (C=O) groups is 3. The highest BCUT2D eigenvalue weighted by Gasteiger charge is 2.22. The Labute approximate surface area is 169 Å². The van der Waals surface area contributed by atoms with E-state index in [9.17, 15) is 29.8 Å².